The molecule has 38 heavy (non-hydrogen) atoms. The Labute approximate surface area is 225 Å². The van der Waals surface area contributed by atoms with Crippen molar-refractivity contribution in [2.45, 2.75) is 73.1 Å². The van der Waals surface area contributed by atoms with Crippen molar-refractivity contribution in [1.82, 2.24) is 0 Å². The molecule has 5 rings (SSSR count). The topological polar surface area (TPSA) is 63.7 Å². The summed E-state index contributed by atoms with van der Waals surface area (Å²) in [5, 5.41) is 0. The van der Waals surface area contributed by atoms with E-state index in [-0.39, 0.29) is 34.3 Å². The van der Waals surface area contributed by atoms with E-state index in [9.17, 15) is 14.4 Å². The molecule has 0 atom stereocenters. The molecule has 0 radical (unpaired) electrons. The second-order valence-electron chi connectivity index (χ2n) is 12.5. The summed E-state index contributed by atoms with van der Waals surface area (Å²) in [7, 11) is 0. The highest BCUT2D eigenvalue weighted by molar-refractivity contribution is 6.08. The zero-order valence-corrected chi connectivity index (χ0v) is 23.3. The van der Waals surface area contributed by atoms with E-state index in [0.717, 1.165) is 52.2 Å². The van der Waals surface area contributed by atoms with Crippen LogP contribution in [0.5, 0.6) is 0 Å². The Morgan fingerprint density at radius 3 is 1.87 bits per heavy atom. The molecule has 0 N–H and O–H groups in total. The van der Waals surface area contributed by atoms with Crippen LogP contribution in [0.15, 0.2) is 71.1 Å². The molecule has 0 unspecified atom stereocenters. The number of carbonyl (C=O) groups is 3. The van der Waals surface area contributed by atoms with Gasteiger partial charge in [0, 0.05) is 47.0 Å². The molecule has 0 bridgehead atoms. The van der Waals surface area contributed by atoms with Crippen molar-refractivity contribution in [2.24, 2.45) is 10.8 Å². The third-order valence-electron chi connectivity index (χ3n) is 8.05. The van der Waals surface area contributed by atoms with Crippen LogP contribution in [0.25, 0.3) is 0 Å². The van der Waals surface area contributed by atoms with Crippen LogP contribution in [0.3, 0.4) is 0 Å². The van der Waals surface area contributed by atoms with Gasteiger partial charge in [0.25, 0.3) is 0 Å². The van der Waals surface area contributed by atoms with Gasteiger partial charge in [0.05, 0.1) is 12.2 Å². The number of hydrogen-bond acceptors (Lipinski definition) is 5. The van der Waals surface area contributed by atoms with E-state index >= 15 is 0 Å². The summed E-state index contributed by atoms with van der Waals surface area (Å²) < 4.78 is 5.18. The number of anilines is 1. The molecule has 2 aromatic carbocycles. The van der Waals surface area contributed by atoms with E-state index in [0.29, 0.717) is 25.0 Å². The fourth-order valence-corrected chi connectivity index (χ4v) is 6.46. The smallest absolute Gasteiger partial charge is 0.338 e. The summed E-state index contributed by atoms with van der Waals surface area (Å²) in [6.07, 6.45) is 2.35. The first-order valence-electron chi connectivity index (χ1n) is 13.6. The van der Waals surface area contributed by atoms with Crippen LogP contribution in [0.4, 0.5) is 5.69 Å². The molecule has 0 aromatic heterocycles. The van der Waals surface area contributed by atoms with Gasteiger partial charge in [-0.15, -0.1) is 0 Å². The van der Waals surface area contributed by atoms with Crippen LogP contribution in [0.2, 0.25) is 0 Å². The van der Waals surface area contributed by atoms with E-state index in [1.807, 2.05) is 24.3 Å². The molecule has 0 amide bonds. The zero-order valence-electron chi connectivity index (χ0n) is 23.3. The molecule has 5 heteroatoms. The van der Waals surface area contributed by atoms with Crippen molar-refractivity contribution in [1.29, 1.82) is 0 Å². The van der Waals surface area contributed by atoms with Gasteiger partial charge in [0.2, 0.25) is 0 Å². The van der Waals surface area contributed by atoms with E-state index in [2.05, 4.69) is 51.7 Å². The molecule has 0 spiro atoms. The largest absolute Gasteiger partial charge is 0.462 e. The van der Waals surface area contributed by atoms with Gasteiger partial charge >= 0.3 is 5.97 Å². The Hall–Kier alpha value is -3.47. The summed E-state index contributed by atoms with van der Waals surface area (Å²) in [6, 6.07) is 15.5. The number of Topliss-reactive ketones (excluding diaryl/α,β-unsaturated/α-hetero) is 2. The fourth-order valence-electron chi connectivity index (χ4n) is 6.46. The first kappa shape index (κ1) is 26.1. The summed E-state index contributed by atoms with van der Waals surface area (Å²) in [5.41, 5.74) is 6.50. The first-order chi connectivity index (χ1) is 17.9. The highest BCUT2D eigenvalue weighted by Crippen LogP contribution is 2.55. The number of ketones is 2. The van der Waals surface area contributed by atoms with E-state index in [1.54, 1.807) is 19.1 Å². The van der Waals surface area contributed by atoms with Crippen LogP contribution in [-0.4, -0.2) is 24.1 Å². The first-order valence-corrected chi connectivity index (χ1v) is 13.6. The van der Waals surface area contributed by atoms with Gasteiger partial charge in [-0.2, -0.15) is 0 Å². The zero-order chi connectivity index (χ0) is 27.4. The predicted molar refractivity (Wildman–Crippen MR) is 149 cm³/mol. The highest BCUT2D eigenvalue weighted by Gasteiger charge is 2.49. The van der Waals surface area contributed by atoms with Crippen LogP contribution in [0, 0.1) is 17.8 Å². The third kappa shape index (κ3) is 4.53. The lowest BCUT2D eigenvalue weighted by molar-refractivity contribution is -0.119. The van der Waals surface area contributed by atoms with Gasteiger partial charge in [0.1, 0.15) is 0 Å². The minimum absolute atomic E-state index is 0.113. The molecular weight excluding hydrogens is 474 g/mol. The third-order valence-corrected chi connectivity index (χ3v) is 8.05. The standard InChI is InChI=1S/C33H37NO4/c1-7-38-31(37)21-12-14-22(15-13-21)34-24-16-32(3,4)18-26(35)29(24)28(23-11-9-8-10-20(23)2)30-25(34)17-33(5,6)19-27(30)36/h8-15,28H,7,16-19H2,1-6H3. The molecule has 1 aliphatic heterocycles. The second kappa shape index (κ2) is 9.37. The Bertz CT molecular complexity index is 1340. The molecular formula is C33H37NO4. The summed E-state index contributed by atoms with van der Waals surface area (Å²) in [4.78, 5) is 42.4. The van der Waals surface area contributed by atoms with Gasteiger partial charge in [-0.25, -0.2) is 4.79 Å². The Kier molecular flexibility index (Phi) is 6.45. The average molecular weight is 512 g/mol. The number of hydrogen-bond donors (Lipinski definition) is 0. The number of nitrogens with zero attached hydrogens (tertiary/aromatic N) is 1. The number of esters is 1. The maximum atomic E-state index is 14.0. The van der Waals surface area contributed by atoms with E-state index < -0.39 is 0 Å². The Morgan fingerprint density at radius 2 is 1.37 bits per heavy atom. The van der Waals surface area contributed by atoms with Gasteiger partial charge in [-0.1, -0.05) is 52.0 Å². The summed E-state index contributed by atoms with van der Waals surface area (Å²) >= 11 is 0. The number of benzene rings is 2. The lowest BCUT2D eigenvalue weighted by Gasteiger charge is -2.49. The maximum Gasteiger partial charge on any atom is 0.338 e. The monoisotopic (exact) mass is 511 g/mol. The van der Waals surface area contributed by atoms with Crippen LogP contribution >= 0.6 is 0 Å². The van der Waals surface area contributed by atoms with Gasteiger partial charge in [-0.3, -0.25) is 9.59 Å². The summed E-state index contributed by atoms with van der Waals surface area (Å²) in [5.74, 6) is -0.493. The molecule has 1 heterocycles. The second-order valence-corrected chi connectivity index (χ2v) is 12.5. The normalized spacial score (nSPS) is 20.8. The minimum atomic E-state index is -0.361. The molecule has 2 aromatic rings. The van der Waals surface area contributed by atoms with Crippen molar-refractivity contribution in [3.8, 4) is 0 Å². The quantitative estimate of drug-likeness (QED) is 0.411. The number of ether oxygens (including phenoxy) is 1. The van der Waals surface area contributed by atoms with Crippen molar-refractivity contribution in [3.63, 3.8) is 0 Å². The average Bonchev–Trinajstić information content (AvgIpc) is 2.82. The van der Waals surface area contributed by atoms with E-state index in [1.165, 1.54) is 0 Å². The van der Waals surface area contributed by atoms with Crippen molar-refractivity contribution < 1.29 is 19.1 Å². The summed E-state index contributed by atoms with van der Waals surface area (Å²) in [6.45, 7) is 12.7. The number of allylic oxidation sites excluding steroid dienone is 4. The lowest BCUT2D eigenvalue weighted by Crippen LogP contribution is -2.44. The minimum Gasteiger partial charge on any atom is -0.462 e. The predicted octanol–water partition coefficient (Wildman–Crippen LogP) is 7.06. The van der Waals surface area contributed by atoms with Crippen LogP contribution in [-0.2, 0) is 14.3 Å². The number of rotatable bonds is 4. The molecule has 5 nitrogen and oxygen atoms in total. The lowest BCUT2D eigenvalue weighted by atomic mass is 9.63. The van der Waals surface area contributed by atoms with Crippen LogP contribution < -0.4 is 4.90 Å². The molecule has 3 aliphatic rings. The Balaban J connectivity index is 1.77. The maximum absolute atomic E-state index is 14.0. The Morgan fingerprint density at radius 1 is 0.842 bits per heavy atom. The highest BCUT2D eigenvalue weighted by atomic mass is 16.5. The number of aryl methyl sites for hydroxylation is 1. The van der Waals surface area contributed by atoms with Crippen molar-refractivity contribution in [3.05, 3.63) is 87.8 Å². The molecule has 2 aliphatic carbocycles. The molecule has 0 saturated heterocycles. The van der Waals surface area contributed by atoms with Crippen molar-refractivity contribution >= 4 is 23.2 Å². The fraction of sp³-hybridized carbons (Fsp3) is 0.424. The van der Waals surface area contributed by atoms with Gasteiger partial charge < -0.3 is 9.64 Å². The van der Waals surface area contributed by atoms with Gasteiger partial charge in [-0.05, 0) is 72.9 Å². The SMILES string of the molecule is CCOC(=O)c1ccc(N2C3=C(C(=O)CC(C)(C)C3)C(c3ccccc3C)C3=C2CC(C)(C)CC3=O)cc1. The van der Waals surface area contributed by atoms with Gasteiger partial charge in [0.15, 0.2) is 11.6 Å². The van der Waals surface area contributed by atoms with Crippen LogP contribution in [0.1, 0.15) is 87.7 Å². The van der Waals surface area contributed by atoms with E-state index in [4.69, 9.17) is 4.74 Å². The molecule has 0 saturated carbocycles. The van der Waals surface area contributed by atoms with Crippen molar-refractivity contribution in [2.75, 3.05) is 11.5 Å². The number of carbonyl (C=O) groups excluding carboxylic acids is 3. The molecule has 198 valence electrons. The molecule has 0 fully saturated rings.